The molecule has 1 aromatic carbocycles. The van der Waals surface area contributed by atoms with Crippen LogP contribution in [0, 0.1) is 46.7 Å². The largest absolute Gasteiger partial charge is 0.206 e. The molecule has 0 spiro atoms. The van der Waals surface area contributed by atoms with Crippen molar-refractivity contribution in [1.29, 1.82) is 5.26 Å². The Morgan fingerprint density at radius 3 is 2.48 bits per heavy atom. The third kappa shape index (κ3) is 4.08. The molecule has 3 aliphatic rings. The summed E-state index contributed by atoms with van der Waals surface area (Å²) in [6, 6.07) is 5.45. The van der Waals surface area contributed by atoms with Crippen molar-refractivity contribution in [2.45, 2.75) is 84.0 Å². The molecule has 2 fully saturated rings. The lowest BCUT2D eigenvalue weighted by Gasteiger charge is -2.45. The van der Waals surface area contributed by atoms with Gasteiger partial charge in [-0.25, -0.2) is 4.39 Å². The summed E-state index contributed by atoms with van der Waals surface area (Å²) in [4.78, 5) is 0. The summed E-state index contributed by atoms with van der Waals surface area (Å²) in [5.74, 6) is 4.19. The first-order valence-corrected chi connectivity index (χ1v) is 11.4. The minimum atomic E-state index is -0.328. The molecule has 146 valence electrons. The van der Waals surface area contributed by atoms with Crippen molar-refractivity contribution in [1.82, 2.24) is 0 Å². The highest BCUT2D eigenvalue weighted by Crippen LogP contribution is 2.49. The number of unbranched alkanes of at least 4 members (excludes halogenated alkanes) is 1. The molecule has 5 unspecified atom stereocenters. The monoisotopic (exact) mass is 367 g/mol. The van der Waals surface area contributed by atoms with Crippen LogP contribution in [0.4, 0.5) is 4.39 Å². The number of nitrogens with zero attached hydrogens (tertiary/aromatic N) is 1. The highest BCUT2D eigenvalue weighted by Gasteiger charge is 2.38. The minimum absolute atomic E-state index is 0.215. The molecule has 0 heterocycles. The Hall–Kier alpha value is -1.36. The zero-order valence-electron chi connectivity index (χ0n) is 16.9. The maximum absolute atomic E-state index is 14.1. The van der Waals surface area contributed by atoms with E-state index in [1.54, 1.807) is 12.1 Å². The van der Waals surface area contributed by atoms with Crippen LogP contribution in [-0.2, 0) is 12.8 Å². The van der Waals surface area contributed by atoms with Crippen LogP contribution in [-0.4, -0.2) is 0 Å². The van der Waals surface area contributed by atoms with E-state index in [0.29, 0.717) is 0 Å². The second-order valence-corrected chi connectivity index (χ2v) is 9.63. The van der Waals surface area contributed by atoms with E-state index in [1.165, 1.54) is 75.3 Å². The van der Waals surface area contributed by atoms with Gasteiger partial charge in [-0.2, -0.15) is 5.26 Å². The normalized spacial score (nSPS) is 33.0. The number of aryl methyl sites for hydroxylation is 1. The summed E-state index contributed by atoms with van der Waals surface area (Å²) >= 11 is 0. The molecular weight excluding hydrogens is 333 g/mol. The van der Waals surface area contributed by atoms with Crippen molar-refractivity contribution < 1.29 is 4.39 Å². The number of benzene rings is 1. The Kier molecular flexibility index (Phi) is 5.86. The fraction of sp³-hybridized carbons (Fsp3) is 0.720. The molecule has 2 heteroatoms. The predicted molar refractivity (Wildman–Crippen MR) is 108 cm³/mol. The lowest BCUT2D eigenvalue weighted by Crippen LogP contribution is -2.35. The van der Waals surface area contributed by atoms with Crippen molar-refractivity contribution in [3.63, 3.8) is 0 Å². The highest BCUT2D eigenvalue weighted by atomic mass is 19.1. The molecule has 0 bridgehead atoms. The molecule has 0 amide bonds. The quantitative estimate of drug-likeness (QED) is 0.572. The fourth-order valence-electron chi connectivity index (χ4n) is 6.50. The second-order valence-electron chi connectivity index (χ2n) is 9.63. The smallest absolute Gasteiger partial charge is 0.141 e. The van der Waals surface area contributed by atoms with Crippen LogP contribution < -0.4 is 0 Å². The van der Waals surface area contributed by atoms with Gasteiger partial charge >= 0.3 is 0 Å². The first kappa shape index (κ1) is 19.0. The summed E-state index contributed by atoms with van der Waals surface area (Å²) in [5.41, 5.74) is 2.61. The lowest BCUT2D eigenvalue weighted by atomic mass is 9.61. The molecule has 5 atom stereocenters. The Labute approximate surface area is 164 Å². The van der Waals surface area contributed by atoms with Gasteiger partial charge in [0.1, 0.15) is 11.9 Å². The lowest BCUT2D eigenvalue weighted by molar-refractivity contribution is 0.0691. The van der Waals surface area contributed by atoms with Gasteiger partial charge in [0.15, 0.2) is 0 Å². The SMILES string of the molecule is CCCCC1CCC2CC(C3CCc4cc(C#N)c(F)cc4C3)CCC2C1. The summed E-state index contributed by atoms with van der Waals surface area (Å²) in [6.07, 6.45) is 16.1. The summed E-state index contributed by atoms with van der Waals surface area (Å²) in [5, 5.41) is 9.06. The highest BCUT2D eigenvalue weighted by molar-refractivity contribution is 5.41. The predicted octanol–water partition coefficient (Wildman–Crippen LogP) is 6.83. The van der Waals surface area contributed by atoms with Crippen LogP contribution >= 0.6 is 0 Å². The molecule has 0 aromatic heterocycles. The molecule has 27 heavy (non-hydrogen) atoms. The van der Waals surface area contributed by atoms with Gasteiger partial charge in [-0.05, 0) is 104 Å². The van der Waals surface area contributed by atoms with Gasteiger partial charge in [-0.15, -0.1) is 0 Å². The standard InChI is InChI=1S/C25H34FN/c1-2-3-4-17-5-6-19-12-20(8-7-18(19)11-17)21-9-10-22-14-24(16-27)25(26)15-23(22)13-21/h14-15,17-21H,2-13H2,1H3. The zero-order chi connectivity index (χ0) is 18.8. The summed E-state index contributed by atoms with van der Waals surface area (Å²) in [6.45, 7) is 2.31. The van der Waals surface area contributed by atoms with Gasteiger partial charge in [0.25, 0.3) is 0 Å². The van der Waals surface area contributed by atoms with E-state index in [9.17, 15) is 4.39 Å². The van der Waals surface area contributed by atoms with E-state index in [1.807, 2.05) is 6.07 Å². The van der Waals surface area contributed by atoms with Crippen LogP contribution in [0.1, 0.15) is 87.8 Å². The molecule has 0 saturated heterocycles. The van der Waals surface area contributed by atoms with E-state index >= 15 is 0 Å². The third-order valence-corrected chi connectivity index (χ3v) is 8.07. The van der Waals surface area contributed by atoms with Crippen molar-refractivity contribution >= 4 is 0 Å². The first-order valence-electron chi connectivity index (χ1n) is 11.4. The van der Waals surface area contributed by atoms with Crippen LogP contribution in [0.15, 0.2) is 12.1 Å². The van der Waals surface area contributed by atoms with Crippen LogP contribution in [0.3, 0.4) is 0 Å². The molecule has 3 aliphatic carbocycles. The number of fused-ring (bicyclic) bond motifs is 2. The maximum Gasteiger partial charge on any atom is 0.141 e. The molecular formula is C25H34FN. The van der Waals surface area contributed by atoms with Gasteiger partial charge in [0, 0.05) is 0 Å². The van der Waals surface area contributed by atoms with Gasteiger partial charge in [-0.3, -0.25) is 0 Å². The summed E-state index contributed by atoms with van der Waals surface area (Å²) < 4.78 is 14.1. The van der Waals surface area contributed by atoms with Crippen LogP contribution in [0.5, 0.6) is 0 Å². The summed E-state index contributed by atoms with van der Waals surface area (Å²) in [7, 11) is 0. The number of halogens is 1. The van der Waals surface area contributed by atoms with E-state index in [0.717, 1.165) is 42.4 Å². The Bertz CT molecular complexity index is 703. The van der Waals surface area contributed by atoms with E-state index in [2.05, 4.69) is 6.92 Å². The number of nitriles is 1. The topological polar surface area (TPSA) is 23.8 Å². The maximum atomic E-state index is 14.1. The Morgan fingerprint density at radius 1 is 0.963 bits per heavy atom. The Morgan fingerprint density at radius 2 is 1.70 bits per heavy atom. The van der Waals surface area contributed by atoms with Gasteiger partial charge in [0.2, 0.25) is 0 Å². The third-order valence-electron chi connectivity index (χ3n) is 8.07. The van der Waals surface area contributed by atoms with Crippen molar-refractivity contribution in [3.8, 4) is 6.07 Å². The van der Waals surface area contributed by atoms with Gasteiger partial charge in [0.05, 0.1) is 5.56 Å². The number of rotatable bonds is 4. The van der Waals surface area contributed by atoms with Crippen molar-refractivity contribution in [3.05, 3.63) is 34.6 Å². The van der Waals surface area contributed by atoms with Crippen LogP contribution in [0.25, 0.3) is 0 Å². The van der Waals surface area contributed by atoms with Crippen molar-refractivity contribution in [2.24, 2.45) is 29.6 Å². The minimum Gasteiger partial charge on any atom is -0.206 e. The number of hydrogen-bond donors (Lipinski definition) is 0. The molecule has 1 nitrogen and oxygen atoms in total. The molecule has 1 aromatic rings. The molecule has 0 radical (unpaired) electrons. The molecule has 0 aliphatic heterocycles. The van der Waals surface area contributed by atoms with Crippen LogP contribution in [0.2, 0.25) is 0 Å². The second kappa shape index (κ2) is 8.34. The molecule has 4 rings (SSSR count). The van der Waals surface area contributed by atoms with E-state index < -0.39 is 0 Å². The molecule has 0 N–H and O–H groups in total. The average molecular weight is 368 g/mol. The van der Waals surface area contributed by atoms with E-state index in [4.69, 9.17) is 5.26 Å². The zero-order valence-corrected chi connectivity index (χ0v) is 16.9. The Balaban J connectivity index is 1.36. The number of hydrogen-bond acceptors (Lipinski definition) is 1. The van der Waals surface area contributed by atoms with Crippen molar-refractivity contribution in [2.75, 3.05) is 0 Å². The fourth-order valence-corrected chi connectivity index (χ4v) is 6.50. The van der Waals surface area contributed by atoms with Gasteiger partial charge < -0.3 is 0 Å². The molecule has 2 saturated carbocycles. The first-order chi connectivity index (χ1) is 13.2. The van der Waals surface area contributed by atoms with Gasteiger partial charge in [-0.1, -0.05) is 32.6 Å². The average Bonchev–Trinajstić information content (AvgIpc) is 2.70. The van der Waals surface area contributed by atoms with E-state index in [-0.39, 0.29) is 11.4 Å².